The van der Waals surface area contributed by atoms with E-state index in [0.717, 1.165) is 116 Å². The highest BCUT2D eigenvalue weighted by atomic mass is 16.6. The van der Waals surface area contributed by atoms with Crippen LogP contribution in [0.2, 0.25) is 0 Å². The van der Waals surface area contributed by atoms with Crippen molar-refractivity contribution in [3.05, 3.63) is 97.2 Å². The Balaban J connectivity index is 4.52. The van der Waals surface area contributed by atoms with Crippen molar-refractivity contribution in [3.8, 4) is 0 Å². The first kappa shape index (κ1) is 60.3. The molecule has 0 saturated heterocycles. The highest BCUT2D eigenvalue weighted by Crippen LogP contribution is 2.13. The molecule has 0 saturated carbocycles. The van der Waals surface area contributed by atoms with Crippen molar-refractivity contribution in [1.29, 1.82) is 0 Å². The number of carbonyl (C=O) groups is 3. The number of carbonyl (C=O) groups excluding carboxylic acids is 3. The lowest BCUT2D eigenvalue weighted by atomic mass is 10.1. The van der Waals surface area contributed by atoms with Crippen LogP contribution in [0.25, 0.3) is 0 Å². The van der Waals surface area contributed by atoms with E-state index in [1.165, 1.54) is 70.6 Å². The zero-order chi connectivity index (χ0) is 46.5. The Morgan fingerprint density at radius 3 is 1.08 bits per heavy atom. The molecule has 0 aliphatic heterocycles. The number of hydrogen-bond donors (Lipinski definition) is 0. The molecule has 0 aromatic carbocycles. The van der Waals surface area contributed by atoms with Gasteiger partial charge in [0.1, 0.15) is 13.2 Å². The molecule has 1 unspecified atom stereocenters. The highest BCUT2D eigenvalue weighted by Gasteiger charge is 2.19. The fraction of sp³-hybridized carbons (Fsp3) is 0.672. The molecule has 0 aromatic rings. The molecular weight excluding hydrogens is 793 g/mol. The summed E-state index contributed by atoms with van der Waals surface area (Å²) in [5.74, 6) is -0.991. The molecule has 0 aliphatic rings. The molecule has 0 rings (SSSR count). The molecule has 0 spiro atoms. The summed E-state index contributed by atoms with van der Waals surface area (Å²) in [6, 6.07) is 0. The minimum atomic E-state index is -0.811. The van der Waals surface area contributed by atoms with Gasteiger partial charge in [-0.15, -0.1) is 0 Å². The first-order valence-electron chi connectivity index (χ1n) is 26.2. The van der Waals surface area contributed by atoms with Gasteiger partial charge < -0.3 is 14.2 Å². The summed E-state index contributed by atoms with van der Waals surface area (Å²) in [6.07, 6.45) is 68.2. The van der Waals surface area contributed by atoms with Gasteiger partial charge in [-0.2, -0.15) is 0 Å². The summed E-state index contributed by atoms with van der Waals surface area (Å²) in [5.41, 5.74) is 0. The van der Waals surface area contributed by atoms with Crippen molar-refractivity contribution in [2.75, 3.05) is 13.2 Å². The van der Waals surface area contributed by atoms with Crippen LogP contribution in [0.3, 0.4) is 0 Å². The van der Waals surface area contributed by atoms with E-state index in [1.807, 2.05) is 0 Å². The summed E-state index contributed by atoms with van der Waals surface area (Å²) >= 11 is 0. The van der Waals surface area contributed by atoms with Crippen molar-refractivity contribution in [1.82, 2.24) is 0 Å². The highest BCUT2D eigenvalue weighted by molar-refractivity contribution is 5.71. The van der Waals surface area contributed by atoms with Crippen LogP contribution in [0, 0.1) is 0 Å². The maximum atomic E-state index is 12.8. The second-order valence-corrected chi connectivity index (χ2v) is 17.0. The molecule has 0 aromatic heterocycles. The molecule has 364 valence electrons. The number of unbranched alkanes of at least 4 members (excludes halogenated alkanes) is 19. The van der Waals surface area contributed by atoms with Crippen LogP contribution in [-0.4, -0.2) is 37.2 Å². The van der Waals surface area contributed by atoms with Gasteiger partial charge in [-0.1, -0.05) is 201 Å². The van der Waals surface area contributed by atoms with Crippen molar-refractivity contribution in [2.45, 2.75) is 239 Å². The van der Waals surface area contributed by atoms with Crippen LogP contribution in [-0.2, 0) is 28.6 Å². The maximum Gasteiger partial charge on any atom is 0.306 e. The maximum absolute atomic E-state index is 12.8. The molecule has 6 heteroatoms. The topological polar surface area (TPSA) is 78.9 Å². The summed E-state index contributed by atoms with van der Waals surface area (Å²) in [5, 5.41) is 0. The van der Waals surface area contributed by atoms with E-state index in [0.29, 0.717) is 19.3 Å². The van der Waals surface area contributed by atoms with Crippen LogP contribution in [0.1, 0.15) is 233 Å². The van der Waals surface area contributed by atoms with E-state index in [4.69, 9.17) is 14.2 Å². The second-order valence-electron chi connectivity index (χ2n) is 17.0. The van der Waals surface area contributed by atoms with Gasteiger partial charge in [-0.25, -0.2) is 0 Å². The van der Waals surface area contributed by atoms with Crippen molar-refractivity contribution in [2.24, 2.45) is 0 Å². The number of rotatable bonds is 46. The van der Waals surface area contributed by atoms with Crippen LogP contribution < -0.4 is 0 Å². The Bertz CT molecular complexity index is 1300. The number of esters is 3. The summed E-state index contributed by atoms with van der Waals surface area (Å²) < 4.78 is 16.7. The van der Waals surface area contributed by atoms with E-state index in [2.05, 4.69) is 118 Å². The van der Waals surface area contributed by atoms with Gasteiger partial charge in [0, 0.05) is 19.3 Å². The Labute approximate surface area is 394 Å². The third-order valence-corrected chi connectivity index (χ3v) is 10.8. The molecule has 0 aliphatic carbocycles. The predicted molar refractivity (Wildman–Crippen MR) is 274 cm³/mol. The summed E-state index contributed by atoms with van der Waals surface area (Å²) in [6.45, 7) is 6.40. The molecular formula is C58H96O6. The first-order valence-corrected chi connectivity index (χ1v) is 26.2. The fourth-order valence-electron chi connectivity index (χ4n) is 6.84. The van der Waals surface area contributed by atoms with Crippen LogP contribution >= 0.6 is 0 Å². The molecule has 1 atom stereocenters. The van der Waals surface area contributed by atoms with Gasteiger partial charge >= 0.3 is 17.9 Å². The molecule has 0 radical (unpaired) electrons. The number of ether oxygens (including phenoxy) is 3. The zero-order valence-corrected chi connectivity index (χ0v) is 41.5. The van der Waals surface area contributed by atoms with Crippen LogP contribution in [0.15, 0.2) is 97.2 Å². The van der Waals surface area contributed by atoms with Crippen molar-refractivity contribution in [3.63, 3.8) is 0 Å². The van der Waals surface area contributed by atoms with Gasteiger partial charge in [-0.3, -0.25) is 14.4 Å². The Hall–Kier alpha value is -3.67. The van der Waals surface area contributed by atoms with Gasteiger partial charge in [-0.05, 0) is 109 Å². The van der Waals surface area contributed by atoms with Crippen molar-refractivity contribution >= 4 is 17.9 Å². The van der Waals surface area contributed by atoms with Crippen LogP contribution in [0.4, 0.5) is 0 Å². The largest absolute Gasteiger partial charge is 0.462 e. The lowest BCUT2D eigenvalue weighted by Crippen LogP contribution is -2.30. The number of hydrogen-bond acceptors (Lipinski definition) is 6. The Morgan fingerprint density at radius 2 is 0.641 bits per heavy atom. The minimum Gasteiger partial charge on any atom is -0.462 e. The van der Waals surface area contributed by atoms with Crippen molar-refractivity contribution < 1.29 is 28.6 Å². The van der Waals surface area contributed by atoms with Gasteiger partial charge in [0.15, 0.2) is 6.10 Å². The van der Waals surface area contributed by atoms with Gasteiger partial charge in [0.25, 0.3) is 0 Å². The lowest BCUT2D eigenvalue weighted by molar-refractivity contribution is -0.167. The molecule has 0 amide bonds. The molecule has 6 nitrogen and oxygen atoms in total. The molecule has 0 bridgehead atoms. The smallest absolute Gasteiger partial charge is 0.306 e. The second kappa shape index (κ2) is 52.0. The first-order chi connectivity index (χ1) is 31.5. The van der Waals surface area contributed by atoms with E-state index < -0.39 is 6.10 Å². The zero-order valence-electron chi connectivity index (χ0n) is 41.5. The average molecular weight is 889 g/mol. The minimum absolute atomic E-state index is 0.107. The Kier molecular flexibility index (Phi) is 49.0. The average Bonchev–Trinajstić information content (AvgIpc) is 3.29. The van der Waals surface area contributed by atoms with E-state index in [-0.39, 0.29) is 37.5 Å². The third kappa shape index (κ3) is 49.3. The predicted octanol–water partition coefficient (Wildman–Crippen LogP) is 17.4. The SMILES string of the molecule is CC/C=C\C/C=C\C/C=C\C/C=C\C/C=C\CCCC(=O)OCC(COC(=O)CCCCCCC/C=C\C/C=C\CCCC)OC(=O)CCCCCCC/C=C\CCCCCCCC. The van der Waals surface area contributed by atoms with Gasteiger partial charge in [0.05, 0.1) is 0 Å². The molecule has 0 fully saturated rings. The van der Waals surface area contributed by atoms with Crippen LogP contribution in [0.5, 0.6) is 0 Å². The summed E-state index contributed by atoms with van der Waals surface area (Å²) in [4.78, 5) is 38.0. The van der Waals surface area contributed by atoms with E-state index in [9.17, 15) is 14.4 Å². The summed E-state index contributed by atoms with van der Waals surface area (Å²) in [7, 11) is 0. The monoisotopic (exact) mass is 889 g/mol. The lowest BCUT2D eigenvalue weighted by Gasteiger charge is -2.18. The Morgan fingerprint density at radius 1 is 0.328 bits per heavy atom. The normalized spacial score (nSPS) is 12.9. The quantitative estimate of drug-likeness (QED) is 0.0262. The fourth-order valence-corrected chi connectivity index (χ4v) is 6.84. The standard InChI is InChI=1S/C58H96O6/c1-4-7-10-13-16-19-22-25-28-29-31-33-36-39-42-45-48-51-57(60)63-54-55(53-62-56(59)50-47-44-41-38-35-32-27-24-21-18-15-12-9-6-3)64-58(61)52-49-46-43-40-37-34-30-26-23-20-17-14-11-8-5-2/h7,10,15-16,18-19,24-28,30-31,33,39,42,55H,4-6,8-9,11-14,17,20-23,29,32,34-38,40-41,43-54H2,1-3H3/b10-7-,18-15-,19-16-,27-24-,28-25-,30-26-,33-31-,42-39-. The molecule has 64 heavy (non-hydrogen) atoms. The van der Waals surface area contributed by atoms with E-state index >= 15 is 0 Å². The van der Waals surface area contributed by atoms with E-state index in [1.54, 1.807) is 0 Å². The molecule has 0 N–H and O–H groups in total. The van der Waals surface area contributed by atoms with Gasteiger partial charge in [0.2, 0.25) is 0 Å². The third-order valence-electron chi connectivity index (χ3n) is 10.8. The number of allylic oxidation sites excluding steroid dienone is 16. The molecule has 0 heterocycles.